The summed E-state index contributed by atoms with van der Waals surface area (Å²) < 4.78 is 0. The van der Waals surface area contributed by atoms with Gasteiger partial charge in [-0.25, -0.2) is 0 Å². The maximum absolute atomic E-state index is 12.4. The number of carbonyl (C=O) groups excluding carboxylic acids is 2. The first-order valence-corrected chi connectivity index (χ1v) is 9.61. The van der Waals surface area contributed by atoms with Crippen LogP contribution in [-0.4, -0.2) is 54.7 Å². The first-order chi connectivity index (χ1) is 11.6. The Balaban J connectivity index is 0.00000312. The molecule has 1 saturated heterocycles. The number of rotatable bonds is 8. The maximum atomic E-state index is 12.4. The van der Waals surface area contributed by atoms with E-state index >= 15 is 0 Å². The van der Waals surface area contributed by atoms with E-state index in [9.17, 15) is 9.59 Å². The third kappa shape index (κ3) is 6.88. The van der Waals surface area contributed by atoms with Crippen molar-refractivity contribution in [3.63, 3.8) is 0 Å². The summed E-state index contributed by atoms with van der Waals surface area (Å²) in [5.41, 5.74) is 0.639. The van der Waals surface area contributed by atoms with Gasteiger partial charge < -0.3 is 15.5 Å². The molecule has 1 fully saturated rings. The van der Waals surface area contributed by atoms with Crippen molar-refractivity contribution in [3.05, 3.63) is 29.8 Å². The smallest absolute Gasteiger partial charge is 0.252 e. The third-order valence-corrected chi connectivity index (χ3v) is 5.12. The largest absolute Gasteiger partial charge is 0.350 e. The summed E-state index contributed by atoms with van der Waals surface area (Å²) in [5.74, 6) is 0.461. The molecule has 1 atom stereocenters. The summed E-state index contributed by atoms with van der Waals surface area (Å²) in [6.07, 6.45) is 2.19. The van der Waals surface area contributed by atoms with Crippen molar-refractivity contribution >= 4 is 36.0 Å². The van der Waals surface area contributed by atoms with E-state index in [1.165, 1.54) is 11.8 Å². The van der Waals surface area contributed by atoms with Crippen LogP contribution in [-0.2, 0) is 4.79 Å². The van der Waals surface area contributed by atoms with Gasteiger partial charge in [-0.15, -0.1) is 24.2 Å². The molecule has 2 N–H and O–H groups in total. The van der Waals surface area contributed by atoms with Gasteiger partial charge in [0.1, 0.15) is 0 Å². The molecular weight excluding hydrogens is 358 g/mol. The summed E-state index contributed by atoms with van der Waals surface area (Å²) in [4.78, 5) is 27.4. The number of nitrogens with zero attached hydrogens (tertiary/aromatic N) is 1. The highest BCUT2D eigenvalue weighted by atomic mass is 35.5. The van der Waals surface area contributed by atoms with Gasteiger partial charge in [-0.2, -0.15) is 0 Å². The molecule has 2 amide bonds. The fourth-order valence-electron chi connectivity index (χ4n) is 2.74. The van der Waals surface area contributed by atoms with Gasteiger partial charge >= 0.3 is 0 Å². The van der Waals surface area contributed by atoms with E-state index in [4.69, 9.17) is 0 Å². The van der Waals surface area contributed by atoms with Gasteiger partial charge in [-0.1, -0.05) is 19.1 Å². The van der Waals surface area contributed by atoms with Crippen LogP contribution in [0.3, 0.4) is 0 Å². The van der Waals surface area contributed by atoms with Crippen LogP contribution in [0.2, 0.25) is 0 Å². The second-order valence-corrected chi connectivity index (χ2v) is 7.06. The van der Waals surface area contributed by atoms with Crippen LogP contribution in [0.5, 0.6) is 0 Å². The fourth-order valence-corrected chi connectivity index (χ4v) is 3.69. The number of amides is 2. The molecule has 7 heteroatoms. The van der Waals surface area contributed by atoms with E-state index in [0.717, 1.165) is 37.4 Å². The number of nitrogens with one attached hydrogen (secondary N) is 2. The molecule has 0 unspecified atom stereocenters. The van der Waals surface area contributed by atoms with Crippen molar-refractivity contribution in [2.45, 2.75) is 37.6 Å². The predicted molar refractivity (Wildman–Crippen MR) is 106 cm³/mol. The Morgan fingerprint density at radius 3 is 2.60 bits per heavy atom. The quantitative estimate of drug-likeness (QED) is 0.675. The lowest BCUT2D eigenvalue weighted by Crippen LogP contribution is -2.38. The molecule has 1 aromatic rings. The molecule has 25 heavy (non-hydrogen) atoms. The second kappa shape index (κ2) is 11.4. The lowest BCUT2D eigenvalue weighted by Gasteiger charge is -2.16. The Bertz CT molecular complexity index is 565. The number of likely N-dealkylation sites (N-methyl/N-ethyl adjacent to an activating group) is 1. The normalized spacial score (nSPS) is 14.7. The van der Waals surface area contributed by atoms with Gasteiger partial charge in [-0.3, -0.25) is 9.59 Å². The summed E-state index contributed by atoms with van der Waals surface area (Å²) in [6, 6.07) is 7.71. The molecule has 140 valence electrons. The van der Waals surface area contributed by atoms with E-state index in [0.29, 0.717) is 17.9 Å². The zero-order chi connectivity index (χ0) is 17.4. The number of likely N-dealkylation sites (tertiary alicyclic amines) is 1. The third-order valence-electron chi connectivity index (χ3n) is 4.06. The van der Waals surface area contributed by atoms with Gasteiger partial charge in [-0.05, 0) is 38.4 Å². The molecule has 0 spiro atoms. The highest BCUT2D eigenvalue weighted by Crippen LogP contribution is 2.23. The number of thioether (sulfide) groups is 1. The van der Waals surface area contributed by atoms with Crippen LogP contribution in [0.1, 0.15) is 37.0 Å². The molecule has 0 radical (unpaired) electrons. The van der Waals surface area contributed by atoms with Crippen molar-refractivity contribution < 1.29 is 9.59 Å². The Labute approximate surface area is 160 Å². The minimum absolute atomic E-state index is 0. The maximum Gasteiger partial charge on any atom is 0.252 e. The zero-order valence-corrected chi connectivity index (χ0v) is 16.5. The van der Waals surface area contributed by atoms with E-state index in [2.05, 4.69) is 10.6 Å². The molecule has 1 aliphatic heterocycles. The monoisotopic (exact) mass is 385 g/mol. The molecule has 0 saturated carbocycles. The first kappa shape index (κ1) is 21.8. The van der Waals surface area contributed by atoms with Crippen LogP contribution >= 0.6 is 24.2 Å². The van der Waals surface area contributed by atoms with Crippen LogP contribution in [0.15, 0.2) is 29.2 Å². The highest BCUT2D eigenvalue weighted by Gasteiger charge is 2.19. The average Bonchev–Trinajstić information content (AvgIpc) is 3.13. The van der Waals surface area contributed by atoms with Gasteiger partial charge in [0.2, 0.25) is 5.91 Å². The molecule has 0 aromatic heterocycles. The number of carbonyl (C=O) groups is 2. The second-order valence-electron chi connectivity index (χ2n) is 6.04. The van der Waals surface area contributed by atoms with Crippen molar-refractivity contribution in [2.24, 2.45) is 0 Å². The van der Waals surface area contributed by atoms with E-state index in [1.54, 1.807) is 0 Å². The molecule has 0 bridgehead atoms. The minimum Gasteiger partial charge on any atom is -0.350 e. The number of hydrogen-bond donors (Lipinski definition) is 2. The average molecular weight is 386 g/mol. The zero-order valence-electron chi connectivity index (χ0n) is 14.9. The molecule has 5 nitrogen and oxygen atoms in total. The van der Waals surface area contributed by atoms with Gasteiger partial charge in [0, 0.05) is 30.6 Å². The van der Waals surface area contributed by atoms with Crippen molar-refractivity contribution in [3.8, 4) is 0 Å². The minimum atomic E-state index is -0.0866. The Hall–Kier alpha value is -1.24. The molecule has 1 aliphatic rings. The van der Waals surface area contributed by atoms with E-state index in [1.807, 2.05) is 43.0 Å². The first-order valence-electron chi connectivity index (χ1n) is 8.63. The highest BCUT2D eigenvalue weighted by molar-refractivity contribution is 8.00. The molecule has 0 aliphatic carbocycles. The Morgan fingerprint density at radius 2 is 1.92 bits per heavy atom. The van der Waals surface area contributed by atoms with Crippen molar-refractivity contribution in [1.82, 2.24) is 15.5 Å². The van der Waals surface area contributed by atoms with E-state index < -0.39 is 0 Å². The lowest BCUT2D eigenvalue weighted by atomic mass is 10.2. The lowest BCUT2D eigenvalue weighted by molar-refractivity contribution is -0.127. The van der Waals surface area contributed by atoms with Gasteiger partial charge in [0.15, 0.2) is 0 Å². The van der Waals surface area contributed by atoms with Crippen LogP contribution < -0.4 is 10.6 Å². The van der Waals surface area contributed by atoms with Crippen LogP contribution in [0.25, 0.3) is 0 Å². The predicted octanol–water partition coefficient (Wildman–Crippen LogP) is 2.55. The summed E-state index contributed by atoms with van der Waals surface area (Å²) in [7, 11) is 0. The summed E-state index contributed by atoms with van der Waals surface area (Å²) >= 11 is 1.45. The topological polar surface area (TPSA) is 61.4 Å². The van der Waals surface area contributed by atoms with Gasteiger partial charge in [0.05, 0.1) is 11.3 Å². The molecule has 2 rings (SSSR count). The fraction of sp³-hybridized carbons (Fsp3) is 0.556. The number of benzene rings is 1. The van der Waals surface area contributed by atoms with Crippen LogP contribution in [0.4, 0.5) is 0 Å². The number of hydrogen-bond acceptors (Lipinski definition) is 4. The SMILES string of the molecule is CCN[C@H](C)CNC(=O)c1ccccc1SCC(=O)N1CCCC1.Cl. The summed E-state index contributed by atoms with van der Waals surface area (Å²) in [5, 5.41) is 6.22. The van der Waals surface area contributed by atoms with Crippen LogP contribution in [0, 0.1) is 0 Å². The number of halogens is 1. The standard InChI is InChI=1S/C18H27N3O2S.ClH/c1-3-19-14(2)12-20-18(23)15-8-4-5-9-16(15)24-13-17(22)21-10-6-7-11-21;/h4-5,8-9,14,19H,3,6-7,10-13H2,1-2H3,(H,20,23);1H/t14-;/m1./s1. The Morgan fingerprint density at radius 1 is 1.24 bits per heavy atom. The van der Waals surface area contributed by atoms with E-state index in [-0.39, 0.29) is 30.3 Å². The van der Waals surface area contributed by atoms with Crippen molar-refractivity contribution in [2.75, 3.05) is 31.9 Å². The molecule has 1 aromatic carbocycles. The Kier molecular flexibility index (Phi) is 9.93. The van der Waals surface area contributed by atoms with Gasteiger partial charge in [0.25, 0.3) is 5.91 Å². The molecular formula is C18H28ClN3O2S. The molecule has 1 heterocycles. The van der Waals surface area contributed by atoms with Crippen molar-refractivity contribution in [1.29, 1.82) is 0 Å². The summed E-state index contributed by atoms with van der Waals surface area (Å²) in [6.45, 7) is 7.27.